The zero-order valence-electron chi connectivity index (χ0n) is 17.1. The highest BCUT2D eigenvalue weighted by Gasteiger charge is 2.44. The van der Waals surface area contributed by atoms with Gasteiger partial charge in [-0.05, 0) is 49.9 Å². The van der Waals surface area contributed by atoms with E-state index in [1.54, 1.807) is 16.9 Å². The normalized spacial score (nSPS) is 24.1. The predicted octanol–water partition coefficient (Wildman–Crippen LogP) is 0.952. The fraction of sp³-hybridized carbons (Fsp3) is 0.619. The van der Waals surface area contributed by atoms with Crippen molar-refractivity contribution in [3.05, 3.63) is 29.3 Å². The lowest BCUT2D eigenvalue weighted by molar-refractivity contribution is -0.160. The van der Waals surface area contributed by atoms with Gasteiger partial charge in [-0.1, -0.05) is 6.07 Å². The lowest BCUT2D eigenvalue weighted by Gasteiger charge is -2.42. The molecule has 1 N–H and O–H groups in total. The number of rotatable bonds is 6. The summed E-state index contributed by atoms with van der Waals surface area (Å²) in [6.07, 6.45) is 1.18. The van der Waals surface area contributed by atoms with Crippen LogP contribution >= 0.6 is 0 Å². The first-order chi connectivity index (χ1) is 13.3. The molecule has 2 amide bonds. The summed E-state index contributed by atoms with van der Waals surface area (Å²) in [5, 5.41) is 11.0. The number of benzene rings is 1. The molecule has 2 saturated heterocycles. The van der Waals surface area contributed by atoms with Gasteiger partial charge in [-0.25, -0.2) is 0 Å². The first kappa shape index (κ1) is 20.8. The predicted molar refractivity (Wildman–Crippen MR) is 107 cm³/mol. The van der Waals surface area contributed by atoms with Gasteiger partial charge in [-0.2, -0.15) is 0 Å². The lowest BCUT2D eigenvalue weighted by atomic mass is 9.90. The summed E-state index contributed by atoms with van der Waals surface area (Å²) in [6, 6.07) is 6.13. The van der Waals surface area contributed by atoms with E-state index in [0.29, 0.717) is 39.2 Å². The number of anilines is 1. The molecule has 0 spiro atoms. The Bertz CT molecular complexity index is 718. The van der Waals surface area contributed by atoms with Gasteiger partial charge in [0.2, 0.25) is 5.91 Å². The number of likely N-dealkylation sites (tertiary alicyclic amines) is 1. The summed E-state index contributed by atoms with van der Waals surface area (Å²) in [4.78, 5) is 30.9. The molecule has 2 aliphatic heterocycles. The number of carbonyl (C=O) groups is 2. The Morgan fingerprint density at radius 1 is 1.11 bits per heavy atom. The van der Waals surface area contributed by atoms with Crippen LogP contribution in [0.2, 0.25) is 0 Å². The zero-order chi connectivity index (χ0) is 20.3. The minimum absolute atomic E-state index is 0.000604. The molecule has 28 heavy (non-hydrogen) atoms. The maximum Gasteiger partial charge on any atom is 0.255 e. The lowest BCUT2D eigenvalue weighted by Crippen LogP contribution is -2.61. The van der Waals surface area contributed by atoms with Crippen LogP contribution in [0.1, 0.15) is 24.0 Å². The molecular weight excluding hydrogens is 358 g/mol. The van der Waals surface area contributed by atoms with Crippen LogP contribution in [-0.2, 0) is 14.3 Å². The number of hydrogen-bond acceptors (Lipinski definition) is 5. The molecule has 0 bridgehead atoms. The number of piperazine rings is 1. The summed E-state index contributed by atoms with van der Waals surface area (Å²) in [7, 11) is 1.60. The van der Waals surface area contributed by atoms with E-state index in [4.69, 9.17) is 4.74 Å². The number of ether oxygens (including phenoxy) is 1. The van der Waals surface area contributed by atoms with Crippen molar-refractivity contribution in [1.82, 2.24) is 9.80 Å². The van der Waals surface area contributed by atoms with Crippen molar-refractivity contribution < 1.29 is 19.4 Å². The Hall–Kier alpha value is -1.96. The van der Waals surface area contributed by atoms with Gasteiger partial charge in [0.1, 0.15) is 0 Å². The quantitative estimate of drug-likeness (QED) is 0.784. The van der Waals surface area contributed by atoms with Crippen LogP contribution in [0.3, 0.4) is 0 Å². The van der Waals surface area contributed by atoms with Crippen molar-refractivity contribution in [1.29, 1.82) is 0 Å². The number of nitrogens with zero attached hydrogens (tertiary/aromatic N) is 3. The standard InChI is InChI=1S/C21H31N3O4/c1-16-11-17(2)13-18(12-16)24-8-7-22(14-19(24)25)15-21(27)5-4-6-23(20(21)26)9-10-28-3/h11-13,27H,4-10,14-15H2,1-3H3/t21-/m0/s1. The number of aliphatic hydroxyl groups is 1. The third-order valence-electron chi connectivity index (χ3n) is 5.57. The van der Waals surface area contributed by atoms with Crippen LogP contribution in [0.5, 0.6) is 0 Å². The molecule has 1 atom stereocenters. The third kappa shape index (κ3) is 4.54. The number of amides is 2. The van der Waals surface area contributed by atoms with Crippen LogP contribution in [0.25, 0.3) is 0 Å². The summed E-state index contributed by atoms with van der Waals surface area (Å²) in [5.74, 6) is -0.251. The van der Waals surface area contributed by atoms with Gasteiger partial charge in [0, 0.05) is 45.5 Å². The molecule has 0 saturated carbocycles. The highest BCUT2D eigenvalue weighted by Crippen LogP contribution is 2.26. The smallest absolute Gasteiger partial charge is 0.255 e. The van der Waals surface area contributed by atoms with E-state index >= 15 is 0 Å². The second kappa shape index (κ2) is 8.59. The van der Waals surface area contributed by atoms with Crippen molar-refractivity contribution in [2.75, 3.05) is 57.9 Å². The number of carbonyl (C=O) groups excluding carboxylic acids is 2. The van der Waals surface area contributed by atoms with E-state index < -0.39 is 5.60 Å². The summed E-state index contributed by atoms with van der Waals surface area (Å²) in [6.45, 7) is 7.22. The minimum Gasteiger partial charge on any atom is -0.383 e. The van der Waals surface area contributed by atoms with Gasteiger partial charge in [0.25, 0.3) is 5.91 Å². The third-order valence-corrected chi connectivity index (χ3v) is 5.57. The molecule has 0 radical (unpaired) electrons. The largest absolute Gasteiger partial charge is 0.383 e. The summed E-state index contributed by atoms with van der Waals surface area (Å²) >= 11 is 0. The van der Waals surface area contributed by atoms with Gasteiger partial charge in [-0.15, -0.1) is 0 Å². The number of aryl methyl sites for hydroxylation is 2. The highest BCUT2D eigenvalue weighted by molar-refractivity contribution is 5.96. The minimum atomic E-state index is -1.42. The van der Waals surface area contributed by atoms with E-state index in [0.717, 1.165) is 23.2 Å². The molecule has 0 aliphatic carbocycles. The molecule has 1 aromatic rings. The van der Waals surface area contributed by atoms with E-state index in [9.17, 15) is 14.7 Å². The number of methoxy groups -OCH3 is 1. The first-order valence-electron chi connectivity index (χ1n) is 9.94. The second-order valence-electron chi connectivity index (χ2n) is 8.02. The Morgan fingerprint density at radius 2 is 1.82 bits per heavy atom. The van der Waals surface area contributed by atoms with Gasteiger partial charge in [-0.3, -0.25) is 14.5 Å². The zero-order valence-corrected chi connectivity index (χ0v) is 17.1. The number of piperidine rings is 1. The molecule has 2 heterocycles. The van der Waals surface area contributed by atoms with Crippen LogP contribution in [-0.4, -0.2) is 85.3 Å². The molecule has 2 aliphatic rings. The van der Waals surface area contributed by atoms with Crippen LogP contribution < -0.4 is 4.90 Å². The Morgan fingerprint density at radius 3 is 2.46 bits per heavy atom. The van der Waals surface area contributed by atoms with Crippen LogP contribution in [0, 0.1) is 13.8 Å². The molecule has 3 rings (SSSR count). The summed E-state index contributed by atoms with van der Waals surface area (Å²) in [5.41, 5.74) is 1.75. The van der Waals surface area contributed by atoms with E-state index in [1.165, 1.54) is 0 Å². The van der Waals surface area contributed by atoms with Crippen LogP contribution in [0.15, 0.2) is 18.2 Å². The maximum atomic E-state index is 12.8. The molecule has 7 heteroatoms. The van der Waals surface area contributed by atoms with Gasteiger partial charge < -0.3 is 19.6 Å². The van der Waals surface area contributed by atoms with Gasteiger partial charge in [0.15, 0.2) is 5.60 Å². The van der Waals surface area contributed by atoms with Crippen molar-refractivity contribution in [3.63, 3.8) is 0 Å². The Balaban J connectivity index is 1.63. The fourth-order valence-corrected chi connectivity index (χ4v) is 4.23. The summed E-state index contributed by atoms with van der Waals surface area (Å²) < 4.78 is 5.06. The average molecular weight is 389 g/mol. The van der Waals surface area contributed by atoms with Crippen molar-refractivity contribution >= 4 is 17.5 Å². The molecule has 0 unspecified atom stereocenters. The maximum absolute atomic E-state index is 12.8. The van der Waals surface area contributed by atoms with Gasteiger partial charge in [0.05, 0.1) is 13.2 Å². The molecule has 0 aromatic heterocycles. The SMILES string of the molecule is COCCN1CCC[C@](O)(CN2CCN(c3cc(C)cc(C)c3)C(=O)C2)C1=O. The average Bonchev–Trinajstić information content (AvgIpc) is 2.62. The van der Waals surface area contributed by atoms with Crippen molar-refractivity contribution in [2.45, 2.75) is 32.3 Å². The Labute approximate surface area is 166 Å². The molecule has 1 aromatic carbocycles. The molecule has 7 nitrogen and oxygen atoms in total. The molecular formula is C21H31N3O4. The monoisotopic (exact) mass is 389 g/mol. The van der Waals surface area contributed by atoms with E-state index in [2.05, 4.69) is 6.07 Å². The number of β-amino-alcohol motifs (C(OH)–C–C–N with tert-alkyl or cyclic N) is 1. The fourth-order valence-electron chi connectivity index (χ4n) is 4.23. The highest BCUT2D eigenvalue weighted by atomic mass is 16.5. The Kier molecular flexibility index (Phi) is 6.37. The van der Waals surface area contributed by atoms with E-state index in [-0.39, 0.29) is 24.9 Å². The topological polar surface area (TPSA) is 73.3 Å². The first-order valence-corrected chi connectivity index (χ1v) is 9.94. The van der Waals surface area contributed by atoms with Gasteiger partial charge >= 0.3 is 0 Å². The molecule has 154 valence electrons. The van der Waals surface area contributed by atoms with E-state index in [1.807, 2.05) is 30.9 Å². The molecule has 2 fully saturated rings. The number of hydrogen-bond donors (Lipinski definition) is 1. The second-order valence-corrected chi connectivity index (χ2v) is 8.02. The van der Waals surface area contributed by atoms with Crippen molar-refractivity contribution in [2.24, 2.45) is 0 Å². The van der Waals surface area contributed by atoms with Crippen molar-refractivity contribution in [3.8, 4) is 0 Å². The van der Waals surface area contributed by atoms with Crippen LogP contribution in [0.4, 0.5) is 5.69 Å².